The molecular formula is C12H19NO3S. The van der Waals surface area contributed by atoms with Crippen LogP contribution in [0.15, 0.2) is 11.4 Å². The van der Waals surface area contributed by atoms with E-state index in [-0.39, 0.29) is 0 Å². The molecule has 0 saturated carbocycles. The minimum atomic E-state index is -0.837. The summed E-state index contributed by atoms with van der Waals surface area (Å²) >= 11 is 1.28. The molecule has 1 rings (SSSR count). The molecule has 1 N–H and O–H groups in total. The fourth-order valence-electron chi connectivity index (χ4n) is 1.58. The van der Waals surface area contributed by atoms with E-state index in [2.05, 4.69) is 11.8 Å². The van der Waals surface area contributed by atoms with Gasteiger partial charge >= 0.3 is 5.97 Å². The molecule has 0 radical (unpaired) electrons. The maximum atomic E-state index is 11.0. The molecule has 0 atom stereocenters. The third kappa shape index (κ3) is 4.46. The topological polar surface area (TPSA) is 49.8 Å². The van der Waals surface area contributed by atoms with Crippen LogP contribution in [0.3, 0.4) is 0 Å². The van der Waals surface area contributed by atoms with Gasteiger partial charge in [-0.15, -0.1) is 11.3 Å². The van der Waals surface area contributed by atoms with Crippen LogP contribution in [0.4, 0.5) is 0 Å². The fraction of sp³-hybridized carbons (Fsp3) is 0.583. The minimum Gasteiger partial charge on any atom is -0.477 e. The average molecular weight is 257 g/mol. The quantitative estimate of drug-likeness (QED) is 0.726. The van der Waals surface area contributed by atoms with E-state index in [4.69, 9.17) is 9.84 Å². The van der Waals surface area contributed by atoms with E-state index in [1.54, 1.807) is 0 Å². The molecule has 0 aliphatic heterocycles. The van der Waals surface area contributed by atoms with Crippen molar-refractivity contribution in [1.82, 2.24) is 4.90 Å². The Morgan fingerprint density at radius 3 is 2.88 bits per heavy atom. The number of nitrogens with zero attached hydrogens (tertiary/aromatic N) is 1. The maximum absolute atomic E-state index is 11.0. The van der Waals surface area contributed by atoms with Gasteiger partial charge in [0.05, 0.1) is 6.61 Å². The Labute approximate surface area is 106 Å². The number of rotatable bonds is 8. The van der Waals surface area contributed by atoms with Crippen LogP contribution in [0.2, 0.25) is 0 Å². The zero-order chi connectivity index (χ0) is 12.7. The first-order chi connectivity index (χ1) is 8.19. The van der Waals surface area contributed by atoms with Crippen molar-refractivity contribution in [3.8, 4) is 0 Å². The lowest BCUT2D eigenvalue weighted by Crippen LogP contribution is -2.27. The lowest BCUT2D eigenvalue weighted by molar-refractivity contribution is 0.0699. The van der Waals surface area contributed by atoms with Gasteiger partial charge in [-0.3, -0.25) is 4.90 Å². The minimum absolute atomic E-state index is 0.444. The number of hydrogen-bond donors (Lipinski definition) is 1. The van der Waals surface area contributed by atoms with Gasteiger partial charge in [-0.2, -0.15) is 0 Å². The van der Waals surface area contributed by atoms with Crippen LogP contribution >= 0.6 is 11.3 Å². The molecule has 17 heavy (non-hydrogen) atoms. The summed E-state index contributed by atoms with van der Waals surface area (Å²) in [4.78, 5) is 13.6. The molecular weight excluding hydrogens is 238 g/mol. The molecule has 0 aromatic carbocycles. The molecule has 1 aromatic rings. The van der Waals surface area contributed by atoms with Crippen LogP contribution in [0.5, 0.6) is 0 Å². The molecule has 0 amide bonds. The smallest absolute Gasteiger partial charge is 0.346 e. The van der Waals surface area contributed by atoms with Crippen LogP contribution in [0.25, 0.3) is 0 Å². The maximum Gasteiger partial charge on any atom is 0.346 e. The highest BCUT2D eigenvalue weighted by Gasteiger charge is 2.13. The number of aromatic carboxylic acids is 1. The first-order valence-corrected chi connectivity index (χ1v) is 6.66. The Bertz CT molecular complexity index is 351. The third-order valence-electron chi connectivity index (χ3n) is 2.54. The lowest BCUT2D eigenvalue weighted by atomic mass is 10.2. The van der Waals surface area contributed by atoms with Crippen molar-refractivity contribution >= 4 is 17.3 Å². The molecule has 1 aromatic heterocycles. The van der Waals surface area contributed by atoms with Crippen molar-refractivity contribution < 1.29 is 14.6 Å². The Morgan fingerprint density at radius 1 is 1.53 bits per heavy atom. The van der Waals surface area contributed by atoms with Crippen LogP contribution in [0, 0.1) is 0 Å². The highest BCUT2D eigenvalue weighted by molar-refractivity contribution is 7.12. The van der Waals surface area contributed by atoms with Gasteiger partial charge in [0.2, 0.25) is 0 Å². The molecule has 0 unspecified atom stereocenters. The number of hydrogen-bond acceptors (Lipinski definition) is 4. The van der Waals surface area contributed by atoms with E-state index >= 15 is 0 Å². The second-order valence-corrected chi connectivity index (χ2v) is 4.56. The molecule has 0 saturated heterocycles. The van der Waals surface area contributed by atoms with Gasteiger partial charge in [0.1, 0.15) is 4.88 Å². The standard InChI is InChI=1S/C12H19NO3S/c1-3-13(6-7-16-4-2)9-10-5-8-17-11(10)12(14)15/h5,8H,3-4,6-7,9H2,1-2H3,(H,14,15). The molecule has 4 nitrogen and oxygen atoms in total. The van der Waals surface area contributed by atoms with Crippen molar-refractivity contribution in [2.24, 2.45) is 0 Å². The van der Waals surface area contributed by atoms with Gasteiger partial charge in [0.25, 0.3) is 0 Å². The first-order valence-electron chi connectivity index (χ1n) is 5.78. The summed E-state index contributed by atoms with van der Waals surface area (Å²) in [6, 6.07) is 1.89. The van der Waals surface area contributed by atoms with Crippen LogP contribution < -0.4 is 0 Å². The highest BCUT2D eigenvalue weighted by Crippen LogP contribution is 2.18. The normalized spacial score (nSPS) is 11.0. The predicted octanol–water partition coefficient (Wildman–Crippen LogP) is 2.30. The summed E-state index contributed by atoms with van der Waals surface area (Å²) in [6.45, 7) is 7.85. The second kappa shape index (κ2) is 7.42. The molecule has 0 aliphatic rings. The Kier molecular flexibility index (Phi) is 6.18. The summed E-state index contributed by atoms with van der Waals surface area (Å²) in [5.41, 5.74) is 0.890. The number of ether oxygens (including phenoxy) is 1. The van der Waals surface area contributed by atoms with E-state index in [0.29, 0.717) is 18.0 Å². The summed E-state index contributed by atoms with van der Waals surface area (Å²) < 4.78 is 5.31. The van der Waals surface area contributed by atoms with Gasteiger partial charge in [-0.05, 0) is 30.5 Å². The zero-order valence-corrected chi connectivity index (χ0v) is 11.1. The fourth-order valence-corrected chi connectivity index (χ4v) is 2.33. The summed E-state index contributed by atoms with van der Waals surface area (Å²) in [5.74, 6) is -0.837. The summed E-state index contributed by atoms with van der Waals surface area (Å²) in [6.07, 6.45) is 0. The van der Waals surface area contributed by atoms with Gasteiger partial charge in [0.15, 0.2) is 0 Å². The van der Waals surface area contributed by atoms with Crippen LogP contribution in [0.1, 0.15) is 29.1 Å². The van der Waals surface area contributed by atoms with E-state index < -0.39 is 5.97 Å². The molecule has 0 spiro atoms. The molecule has 0 fully saturated rings. The van der Waals surface area contributed by atoms with E-state index in [0.717, 1.165) is 25.3 Å². The summed E-state index contributed by atoms with van der Waals surface area (Å²) in [5, 5.41) is 10.9. The van der Waals surface area contributed by atoms with Crippen molar-refractivity contribution in [1.29, 1.82) is 0 Å². The zero-order valence-electron chi connectivity index (χ0n) is 10.3. The SMILES string of the molecule is CCOCCN(CC)Cc1ccsc1C(=O)O. The van der Waals surface area contributed by atoms with Crippen LogP contribution in [-0.2, 0) is 11.3 Å². The largest absolute Gasteiger partial charge is 0.477 e. The molecule has 1 heterocycles. The van der Waals surface area contributed by atoms with Crippen molar-refractivity contribution in [2.45, 2.75) is 20.4 Å². The number of likely N-dealkylation sites (N-methyl/N-ethyl adjacent to an activating group) is 1. The van der Waals surface area contributed by atoms with E-state index in [1.807, 2.05) is 18.4 Å². The Balaban J connectivity index is 2.54. The van der Waals surface area contributed by atoms with E-state index in [9.17, 15) is 4.79 Å². The molecule has 96 valence electrons. The Hall–Kier alpha value is -0.910. The van der Waals surface area contributed by atoms with Crippen LogP contribution in [-0.4, -0.2) is 42.3 Å². The monoisotopic (exact) mass is 257 g/mol. The number of carbonyl (C=O) groups is 1. The third-order valence-corrected chi connectivity index (χ3v) is 3.48. The summed E-state index contributed by atoms with van der Waals surface area (Å²) in [7, 11) is 0. The number of thiophene rings is 1. The van der Waals surface area contributed by atoms with Crippen molar-refractivity contribution in [2.75, 3.05) is 26.3 Å². The van der Waals surface area contributed by atoms with Gasteiger partial charge < -0.3 is 9.84 Å². The number of carboxylic acid groups (broad SMARTS) is 1. The van der Waals surface area contributed by atoms with Gasteiger partial charge in [-0.25, -0.2) is 4.79 Å². The molecule has 0 bridgehead atoms. The average Bonchev–Trinajstić information content (AvgIpc) is 2.76. The molecule has 5 heteroatoms. The van der Waals surface area contributed by atoms with Gasteiger partial charge in [-0.1, -0.05) is 6.92 Å². The first kappa shape index (κ1) is 14.2. The van der Waals surface area contributed by atoms with Gasteiger partial charge in [0, 0.05) is 19.7 Å². The number of carboxylic acids is 1. The van der Waals surface area contributed by atoms with Crippen molar-refractivity contribution in [3.63, 3.8) is 0 Å². The Morgan fingerprint density at radius 2 is 2.29 bits per heavy atom. The highest BCUT2D eigenvalue weighted by atomic mass is 32.1. The molecule has 0 aliphatic carbocycles. The van der Waals surface area contributed by atoms with Crippen molar-refractivity contribution in [3.05, 3.63) is 21.9 Å². The van der Waals surface area contributed by atoms with E-state index in [1.165, 1.54) is 11.3 Å². The second-order valence-electron chi connectivity index (χ2n) is 3.65. The predicted molar refractivity (Wildman–Crippen MR) is 68.7 cm³/mol. The lowest BCUT2D eigenvalue weighted by Gasteiger charge is -2.19.